The second kappa shape index (κ2) is 7.46. The number of carbonyl (C=O) groups excluding carboxylic acids is 2. The van der Waals surface area contributed by atoms with Crippen molar-refractivity contribution in [3.8, 4) is 0 Å². The Morgan fingerprint density at radius 2 is 1.19 bits per heavy atom. The summed E-state index contributed by atoms with van der Waals surface area (Å²) in [5.74, 6) is -1.09. The number of carbonyl (C=O) groups is 2. The number of fused-ring (bicyclic) bond motifs is 2. The highest BCUT2D eigenvalue weighted by Crippen LogP contribution is 2.25. The number of hydrogen-bond donors (Lipinski definition) is 0. The minimum Gasteiger partial charge on any atom is -0.268 e. The van der Waals surface area contributed by atoms with Crippen molar-refractivity contribution in [1.82, 2.24) is 20.2 Å². The van der Waals surface area contributed by atoms with Gasteiger partial charge < -0.3 is 0 Å². The van der Waals surface area contributed by atoms with Crippen LogP contribution in [0.2, 0.25) is 0 Å². The summed E-state index contributed by atoms with van der Waals surface area (Å²) in [6.07, 6.45) is 0. The molecular formula is C24H17N5O2. The molecule has 0 aliphatic rings. The number of anilines is 1. The first-order valence-corrected chi connectivity index (χ1v) is 9.72. The average Bonchev–Trinajstić information content (AvgIpc) is 3.23. The van der Waals surface area contributed by atoms with Gasteiger partial charge in [0.1, 0.15) is 0 Å². The first-order chi connectivity index (χ1) is 15.1. The number of aromatic nitrogens is 4. The van der Waals surface area contributed by atoms with Gasteiger partial charge in [-0.3, -0.25) is 9.59 Å². The van der Waals surface area contributed by atoms with Crippen LogP contribution in [0.3, 0.4) is 0 Å². The molecule has 7 heteroatoms. The Kier molecular flexibility index (Phi) is 4.48. The molecular weight excluding hydrogens is 390 g/mol. The van der Waals surface area contributed by atoms with Crippen LogP contribution in [0.15, 0.2) is 84.9 Å². The molecule has 0 unspecified atom stereocenters. The fourth-order valence-corrected chi connectivity index (χ4v) is 3.70. The number of hydrogen-bond acceptors (Lipinski definition) is 5. The molecule has 5 aromatic rings. The van der Waals surface area contributed by atoms with Crippen molar-refractivity contribution in [3.05, 3.63) is 96.1 Å². The molecule has 5 rings (SSSR count). The van der Waals surface area contributed by atoms with Gasteiger partial charge in [0.2, 0.25) is 0 Å². The van der Waals surface area contributed by atoms with E-state index in [1.165, 1.54) is 4.80 Å². The Balaban J connectivity index is 1.69. The van der Waals surface area contributed by atoms with Crippen molar-refractivity contribution < 1.29 is 9.59 Å². The smallest absolute Gasteiger partial charge is 0.268 e. The van der Waals surface area contributed by atoms with Gasteiger partial charge in [-0.15, -0.1) is 5.10 Å². The lowest BCUT2D eigenvalue weighted by molar-refractivity contribution is 0.0897. The van der Waals surface area contributed by atoms with E-state index in [4.69, 9.17) is 0 Å². The van der Waals surface area contributed by atoms with Crippen molar-refractivity contribution in [2.45, 2.75) is 0 Å². The third-order valence-corrected chi connectivity index (χ3v) is 5.14. The van der Waals surface area contributed by atoms with Crippen molar-refractivity contribution >= 4 is 39.3 Å². The van der Waals surface area contributed by atoms with Crippen LogP contribution < -0.4 is 4.90 Å². The number of benzene rings is 4. The second-order valence-electron chi connectivity index (χ2n) is 7.08. The monoisotopic (exact) mass is 407 g/mol. The van der Waals surface area contributed by atoms with E-state index in [9.17, 15) is 9.59 Å². The predicted molar refractivity (Wildman–Crippen MR) is 118 cm³/mol. The zero-order valence-corrected chi connectivity index (χ0v) is 16.6. The minimum absolute atomic E-state index is 0.0710. The largest absolute Gasteiger partial charge is 0.280 e. The summed E-state index contributed by atoms with van der Waals surface area (Å²) < 4.78 is 0. The second-order valence-corrected chi connectivity index (χ2v) is 7.08. The lowest BCUT2D eigenvalue weighted by atomic mass is 10.0. The van der Waals surface area contributed by atoms with E-state index in [0.29, 0.717) is 11.1 Å². The molecule has 0 bridgehead atoms. The van der Waals surface area contributed by atoms with Crippen LogP contribution >= 0.6 is 0 Å². The molecule has 0 radical (unpaired) electrons. The van der Waals surface area contributed by atoms with E-state index < -0.39 is 11.8 Å². The zero-order chi connectivity index (χ0) is 21.4. The first kappa shape index (κ1) is 18.6. The molecule has 0 aliphatic carbocycles. The summed E-state index contributed by atoms with van der Waals surface area (Å²) in [6, 6.07) is 25.9. The number of aryl methyl sites for hydroxylation is 1. The highest BCUT2D eigenvalue weighted by atomic mass is 16.2. The first-order valence-electron chi connectivity index (χ1n) is 9.72. The van der Waals surface area contributed by atoms with Crippen LogP contribution in [0.1, 0.15) is 20.7 Å². The Morgan fingerprint density at radius 1 is 0.710 bits per heavy atom. The maximum atomic E-state index is 13.7. The van der Waals surface area contributed by atoms with Crippen LogP contribution in [-0.4, -0.2) is 32.0 Å². The molecule has 0 atom stereocenters. The van der Waals surface area contributed by atoms with E-state index in [1.54, 1.807) is 31.3 Å². The molecule has 2 amide bonds. The Bertz CT molecular complexity index is 1360. The van der Waals surface area contributed by atoms with Crippen LogP contribution in [0, 0.1) is 0 Å². The van der Waals surface area contributed by atoms with E-state index in [1.807, 2.05) is 60.7 Å². The topological polar surface area (TPSA) is 81.0 Å². The SMILES string of the molecule is Cn1nnc(N(C(=O)c2cccc3ccccc23)C(=O)c2cccc3ccccc23)n1. The molecule has 0 N–H and O–H groups in total. The molecule has 0 saturated heterocycles. The van der Waals surface area contributed by atoms with Gasteiger partial charge in [0.25, 0.3) is 17.8 Å². The fourth-order valence-electron chi connectivity index (χ4n) is 3.70. The van der Waals surface area contributed by atoms with E-state index in [-0.39, 0.29) is 5.95 Å². The molecule has 150 valence electrons. The zero-order valence-electron chi connectivity index (χ0n) is 16.6. The van der Waals surface area contributed by atoms with Crippen molar-refractivity contribution in [2.24, 2.45) is 7.05 Å². The summed E-state index contributed by atoms with van der Waals surface area (Å²) in [6.45, 7) is 0. The number of amides is 2. The Labute approximate surface area is 177 Å². The van der Waals surface area contributed by atoms with Crippen LogP contribution in [0.5, 0.6) is 0 Å². The minimum atomic E-state index is -0.511. The van der Waals surface area contributed by atoms with Gasteiger partial charge >= 0.3 is 0 Å². The van der Waals surface area contributed by atoms with E-state index in [0.717, 1.165) is 26.4 Å². The normalized spacial score (nSPS) is 11.0. The van der Waals surface area contributed by atoms with Crippen molar-refractivity contribution in [3.63, 3.8) is 0 Å². The van der Waals surface area contributed by atoms with Gasteiger partial charge in [-0.1, -0.05) is 77.9 Å². The van der Waals surface area contributed by atoms with Gasteiger partial charge in [0.05, 0.1) is 7.05 Å². The number of tetrazole rings is 1. The van der Waals surface area contributed by atoms with Gasteiger partial charge in [0.15, 0.2) is 0 Å². The van der Waals surface area contributed by atoms with Gasteiger partial charge in [0, 0.05) is 11.1 Å². The quantitative estimate of drug-likeness (QED) is 0.422. The van der Waals surface area contributed by atoms with Crippen molar-refractivity contribution in [2.75, 3.05) is 4.90 Å². The van der Waals surface area contributed by atoms with Crippen LogP contribution in [0.25, 0.3) is 21.5 Å². The van der Waals surface area contributed by atoms with E-state index in [2.05, 4.69) is 15.4 Å². The third-order valence-electron chi connectivity index (χ3n) is 5.14. The fraction of sp³-hybridized carbons (Fsp3) is 0.0417. The maximum absolute atomic E-state index is 13.7. The average molecular weight is 407 g/mol. The van der Waals surface area contributed by atoms with Crippen molar-refractivity contribution in [1.29, 1.82) is 0 Å². The van der Waals surface area contributed by atoms with Crippen LogP contribution in [-0.2, 0) is 7.05 Å². The number of imide groups is 1. The lowest BCUT2D eigenvalue weighted by Crippen LogP contribution is -2.38. The Morgan fingerprint density at radius 3 is 1.68 bits per heavy atom. The van der Waals surface area contributed by atoms with Gasteiger partial charge in [-0.25, -0.2) is 4.90 Å². The lowest BCUT2D eigenvalue weighted by Gasteiger charge is -2.19. The molecule has 0 fully saturated rings. The van der Waals surface area contributed by atoms with E-state index >= 15 is 0 Å². The molecule has 4 aromatic carbocycles. The molecule has 0 spiro atoms. The molecule has 31 heavy (non-hydrogen) atoms. The molecule has 1 heterocycles. The molecule has 0 aliphatic heterocycles. The molecule has 0 saturated carbocycles. The van der Waals surface area contributed by atoms with Gasteiger partial charge in [-0.2, -0.15) is 4.80 Å². The summed E-state index contributed by atoms with van der Waals surface area (Å²) in [5.41, 5.74) is 0.776. The maximum Gasteiger partial charge on any atom is 0.280 e. The highest BCUT2D eigenvalue weighted by Gasteiger charge is 2.31. The summed E-state index contributed by atoms with van der Waals surface area (Å²) in [5, 5.41) is 15.2. The molecule has 1 aromatic heterocycles. The Hall–Kier alpha value is -4.39. The van der Waals surface area contributed by atoms with Gasteiger partial charge in [-0.05, 0) is 38.9 Å². The van der Waals surface area contributed by atoms with Crippen LogP contribution in [0.4, 0.5) is 5.95 Å². The number of rotatable bonds is 3. The standard InChI is InChI=1S/C24H17N5O2/c1-28-26-24(25-27-28)29(22(30)20-14-6-10-16-8-2-4-12-18(16)20)23(31)21-15-7-11-17-9-3-5-13-19(17)21/h2-15H,1H3. The third kappa shape index (κ3) is 3.22. The summed E-state index contributed by atoms with van der Waals surface area (Å²) in [4.78, 5) is 29.6. The number of nitrogens with zero attached hydrogens (tertiary/aromatic N) is 5. The summed E-state index contributed by atoms with van der Waals surface area (Å²) in [7, 11) is 1.58. The summed E-state index contributed by atoms with van der Waals surface area (Å²) >= 11 is 0. The predicted octanol–water partition coefficient (Wildman–Crippen LogP) is 4.00. The molecule has 7 nitrogen and oxygen atoms in total. The highest BCUT2D eigenvalue weighted by molar-refractivity contribution is 6.29.